The highest BCUT2D eigenvalue weighted by Gasteiger charge is 2.28. The standard InChI is InChI=1S/C13H21N3O3/c1-18-10-11(17)15-9-16-12(10)19-8-13(14)6-4-2-3-5-7-13/h9H,2-8,14H2,1H3,(H,15,16,17). The molecule has 0 spiro atoms. The van der Waals surface area contributed by atoms with Crippen LogP contribution in [0.5, 0.6) is 11.6 Å². The normalized spacial score (nSPS) is 18.6. The molecule has 0 amide bonds. The molecule has 3 N–H and O–H groups in total. The third-order valence-corrected chi connectivity index (χ3v) is 3.58. The Hall–Kier alpha value is -1.56. The number of H-pyrrole nitrogens is 1. The highest BCUT2D eigenvalue weighted by Crippen LogP contribution is 2.26. The average molecular weight is 267 g/mol. The number of nitrogens with one attached hydrogen (secondary N) is 1. The first-order valence-corrected chi connectivity index (χ1v) is 6.68. The minimum Gasteiger partial charge on any atom is -0.487 e. The van der Waals surface area contributed by atoms with Crippen molar-refractivity contribution in [1.29, 1.82) is 0 Å². The van der Waals surface area contributed by atoms with E-state index in [1.807, 2.05) is 0 Å². The van der Waals surface area contributed by atoms with Gasteiger partial charge in [-0.3, -0.25) is 4.79 Å². The van der Waals surface area contributed by atoms with Crippen LogP contribution in [0.15, 0.2) is 11.1 Å². The molecule has 0 radical (unpaired) electrons. The second kappa shape index (κ2) is 6.06. The van der Waals surface area contributed by atoms with E-state index in [2.05, 4.69) is 9.97 Å². The molecule has 1 aliphatic rings. The van der Waals surface area contributed by atoms with Gasteiger partial charge in [0, 0.05) is 0 Å². The summed E-state index contributed by atoms with van der Waals surface area (Å²) in [5.74, 6) is 0.306. The first-order valence-electron chi connectivity index (χ1n) is 6.68. The Morgan fingerprint density at radius 3 is 2.68 bits per heavy atom. The van der Waals surface area contributed by atoms with Crippen molar-refractivity contribution in [3.8, 4) is 11.6 Å². The van der Waals surface area contributed by atoms with Crippen LogP contribution in [0.4, 0.5) is 0 Å². The molecule has 0 unspecified atom stereocenters. The molecule has 0 bridgehead atoms. The second-order valence-corrected chi connectivity index (χ2v) is 5.14. The Morgan fingerprint density at radius 1 is 1.37 bits per heavy atom. The van der Waals surface area contributed by atoms with Gasteiger partial charge in [-0.1, -0.05) is 25.7 Å². The van der Waals surface area contributed by atoms with E-state index in [1.54, 1.807) is 0 Å². The number of nitrogens with zero attached hydrogens (tertiary/aromatic N) is 1. The molecular weight excluding hydrogens is 246 g/mol. The van der Waals surface area contributed by atoms with Gasteiger partial charge < -0.3 is 20.2 Å². The highest BCUT2D eigenvalue weighted by atomic mass is 16.5. The molecule has 6 heteroatoms. The first kappa shape index (κ1) is 13.9. The molecule has 19 heavy (non-hydrogen) atoms. The molecule has 0 aromatic carbocycles. The third-order valence-electron chi connectivity index (χ3n) is 3.58. The SMILES string of the molecule is COc1c(OCC2(N)CCCCCC2)nc[nH]c1=O. The van der Waals surface area contributed by atoms with E-state index < -0.39 is 0 Å². The molecule has 106 valence electrons. The van der Waals surface area contributed by atoms with E-state index in [-0.39, 0.29) is 22.7 Å². The maximum atomic E-state index is 11.5. The number of nitrogens with two attached hydrogens (primary N) is 1. The zero-order chi connectivity index (χ0) is 13.7. The van der Waals surface area contributed by atoms with Crippen molar-refractivity contribution in [2.45, 2.75) is 44.1 Å². The summed E-state index contributed by atoms with van der Waals surface area (Å²) in [6.07, 6.45) is 7.89. The van der Waals surface area contributed by atoms with Crippen LogP contribution in [0.3, 0.4) is 0 Å². The molecule has 1 aromatic rings. The number of hydrogen-bond donors (Lipinski definition) is 2. The molecule has 1 fully saturated rings. The number of rotatable bonds is 4. The van der Waals surface area contributed by atoms with Gasteiger partial charge in [-0.05, 0) is 12.8 Å². The summed E-state index contributed by atoms with van der Waals surface area (Å²) < 4.78 is 10.6. The lowest BCUT2D eigenvalue weighted by Crippen LogP contribution is -2.45. The van der Waals surface area contributed by atoms with E-state index in [0.717, 1.165) is 25.7 Å². The van der Waals surface area contributed by atoms with Crippen molar-refractivity contribution >= 4 is 0 Å². The monoisotopic (exact) mass is 267 g/mol. The van der Waals surface area contributed by atoms with Gasteiger partial charge in [0.2, 0.25) is 5.75 Å². The minimum absolute atomic E-state index is 0.0970. The van der Waals surface area contributed by atoms with E-state index >= 15 is 0 Å². The summed E-state index contributed by atoms with van der Waals surface area (Å²) in [5.41, 5.74) is 5.68. The van der Waals surface area contributed by atoms with Gasteiger partial charge in [0.15, 0.2) is 0 Å². The molecular formula is C13H21N3O3. The van der Waals surface area contributed by atoms with Gasteiger partial charge in [0.25, 0.3) is 11.4 Å². The van der Waals surface area contributed by atoms with E-state index in [4.69, 9.17) is 15.2 Å². The molecule has 1 aliphatic carbocycles. The Balaban J connectivity index is 2.05. The van der Waals surface area contributed by atoms with Gasteiger partial charge in [-0.25, -0.2) is 4.98 Å². The summed E-state index contributed by atoms with van der Waals surface area (Å²) in [4.78, 5) is 18.0. The number of methoxy groups -OCH3 is 1. The Morgan fingerprint density at radius 2 is 2.05 bits per heavy atom. The van der Waals surface area contributed by atoms with Gasteiger partial charge in [0.05, 0.1) is 19.0 Å². The molecule has 0 aliphatic heterocycles. The van der Waals surface area contributed by atoms with Crippen LogP contribution in [-0.4, -0.2) is 29.2 Å². The third kappa shape index (κ3) is 3.47. The van der Waals surface area contributed by atoms with Crippen LogP contribution in [0.2, 0.25) is 0 Å². The largest absolute Gasteiger partial charge is 0.487 e. The van der Waals surface area contributed by atoms with Crippen molar-refractivity contribution in [3.05, 3.63) is 16.7 Å². The summed E-state index contributed by atoms with van der Waals surface area (Å²) in [6.45, 7) is 0.361. The van der Waals surface area contributed by atoms with Crippen LogP contribution < -0.4 is 20.8 Å². The van der Waals surface area contributed by atoms with Gasteiger partial charge in [-0.15, -0.1) is 0 Å². The van der Waals surface area contributed by atoms with Crippen LogP contribution in [0.25, 0.3) is 0 Å². The fourth-order valence-corrected chi connectivity index (χ4v) is 2.44. The first-order chi connectivity index (χ1) is 9.14. The molecule has 1 heterocycles. The van der Waals surface area contributed by atoms with E-state index in [0.29, 0.717) is 6.61 Å². The molecule has 2 rings (SSSR count). The Kier molecular flexibility index (Phi) is 4.42. The van der Waals surface area contributed by atoms with Crippen molar-refractivity contribution in [3.63, 3.8) is 0 Å². The predicted octanol–water partition coefficient (Wildman–Crippen LogP) is 1.21. The Bertz CT molecular complexity index is 464. The summed E-state index contributed by atoms with van der Waals surface area (Å²) >= 11 is 0. The van der Waals surface area contributed by atoms with Crippen LogP contribution in [0, 0.1) is 0 Å². The number of aromatic nitrogens is 2. The van der Waals surface area contributed by atoms with Crippen molar-refractivity contribution in [2.24, 2.45) is 5.73 Å². The lowest BCUT2D eigenvalue weighted by molar-refractivity contribution is 0.186. The van der Waals surface area contributed by atoms with Gasteiger partial charge >= 0.3 is 0 Å². The number of hydrogen-bond acceptors (Lipinski definition) is 5. The summed E-state index contributed by atoms with van der Waals surface area (Å²) in [5, 5.41) is 0. The zero-order valence-electron chi connectivity index (χ0n) is 11.3. The lowest BCUT2D eigenvalue weighted by atomic mass is 9.93. The van der Waals surface area contributed by atoms with Crippen molar-refractivity contribution in [2.75, 3.05) is 13.7 Å². The van der Waals surface area contributed by atoms with Crippen molar-refractivity contribution < 1.29 is 9.47 Å². The predicted molar refractivity (Wildman–Crippen MR) is 71.5 cm³/mol. The second-order valence-electron chi connectivity index (χ2n) is 5.14. The number of aromatic amines is 1. The van der Waals surface area contributed by atoms with Crippen LogP contribution in [-0.2, 0) is 0 Å². The van der Waals surface area contributed by atoms with Gasteiger partial charge in [0.1, 0.15) is 6.61 Å². The fourth-order valence-electron chi connectivity index (χ4n) is 2.44. The minimum atomic E-state index is -0.348. The maximum absolute atomic E-state index is 11.5. The van der Waals surface area contributed by atoms with Crippen LogP contribution >= 0.6 is 0 Å². The molecule has 1 saturated carbocycles. The molecule has 6 nitrogen and oxygen atoms in total. The zero-order valence-corrected chi connectivity index (χ0v) is 11.3. The lowest BCUT2D eigenvalue weighted by Gasteiger charge is -2.27. The smallest absolute Gasteiger partial charge is 0.297 e. The number of ether oxygens (including phenoxy) is 2. The fraction of sp³-hybridized carbons (Fsp3) is 0.692. The summed E-state index contributed by atoms with van der Waals surface area (Å²) in [6, 6.07) is 0. The maximum Gasteiger partial charge on any atom is 0.297 e. The average Bonchev–Trinajstić information content (AvgIpc) is 2.62. The van der Waals surface area contributed by atoms with Crippen molar-refractivity contribution in [1.82, 2.24) is 9.97 Å². The van der Waals surface area contributed by atoms with E-state index in [9.17, 15) is 4.79 Å². The molecule has 0 saturated heterocycles. The summed E-state index contributed by atoms with van der Waals surface area (Å²) in [7, 11) is 1.42. The molecule has 0 atom stereocenters. The molecule has 1 aromatic heterocycles. The van der Waals surface area contributed by atoms with Crippen LogP contribution in [0.1, 0.15) is 38.5 Å². The highest BCUT2D eigenvalue weighted by molar-refractivity contribution is 5.29. The van der Waals surface area contributed by atoms with Gasteiger partial charge in [-0.2, -0.15) is 0 Å². The topological polar surface area (TPSA) is 90.2 Å². The quantitative estimate of drug-likeness (QED) is 0.800. The van der Waals surface area contributed by atoms with E-state index in [1.165, 1.54) is 26.3 Å². The Labute approximate surface area is 112 Å².